The lowest BCUT2D eigenvalue weighted by atomic mass is 9.86. The summed E-state index contributed by atoms with van der Waals surface area (Å²) >= 11 is 0. The van der Waals surface area contributed by atoms with Gasteiger partial charge in [0.05, 0.1) is 17.8 Å². The monoisotopic (exact) mass is 512 g/mol. The van der Waals surface area contributed by atoms with Crippen LogP contribution in [0.15, 0.2) is 43.0 Å². The van der Waals surface area contributed by atoms with Crippen LogP contribution in [0.1, 0.15) is 71.4 Å². The highest BCUT2D eigenvalue weighted by Gasteiger charge is 2.34. The van der Waals surface area contributed by atoms with Gasteiger partial charge in [0, 0.05) is 55.2 Å². The van der Waals surface area contributed by atoms with Crippen LogP contribution in [0.2, 0.25) is 0 Å². The molecule has 0 bridgehead atoms. The van der Waals surface area contributed by atoms with Gasteiger partial charge < -0.3 is 19.9 Å². The van der Waals surface area contributed by atoms with Gasteiger partial charge in [-0.25, -0.2) is 9.78 Å². The average Bonchev–Trinajstić information content (AvgIpc) is 3.67. The van der Waals surface area contributed by atoms with E-state index in [0.717, 1.165) is 51.7 Å². The van der Waals surface area contributed by atoms with E-state index in [4.69, 9.17) is 0 Å². The number of aromatic amines is 1. The van der Waals surface area contributed by atoms with Gasteiger partial charge in [-0.05, 0) is 80.0 Å². The minimum Gasteiger partial charge on any atom is -0.465 e. The van der Waals surface area contributed by atoms with Crippen LogP contribution in [0.25, 0.3) is 22.2 Å². The molecule has 2 aliphatic rings. The maximum atomic E-state index is 13.4. The Kier molecular flexibility index (Phi) is 5.93. The molecule has 3 aromatic heterocycles. The summed E-state index contributed by atoms with van der Waals surface area (Å²) in [6, 6.07) is 6.42. The topological polar surface area (TPSA) is 107 Å². The van der Waals surface area contributed by atoms with Crippen molar-refractivity contribution < 1.29 is 14.7 Å². The Morgan fingerprint density at radius 2 is 1.97 bits per heavy atom. The second-order valence-corrected chi connectivity index (χ2v) is 10.7. The van der Waals surface area contributed by atoms with Crippen molar-refractivity contribution in [3.63, 3.8) is 0 Å². The van der Waals surface area contributed by atoms with E-state index in [2.05, 4.69) is 40.2 Å². The van der Waals surface area contributed by atoms with Crippen molar-refractivity contribution in [1.29, 1.82) is 0 Å². The summed E-state index contributed by atoms with van der Waals surface area (Å²) in [5.41, 5.74) is 7.83. The van der Waals surface area contributed by atoms with Crippen molar-refractivity contribution in [2.45, 2.75) is 58.7 Å². The number of hydrogen-bond donors (Lipinski definition) is 2. The number of aromatic nitrogens is 4. The van der Waals surface area contributed by atoms with E-state index in [-0.39, 0.29) is 18.0 Å². The quantitative estimate of drug-likeness (QED) is 0.384. The Labute approximate surface area is 221 Å². The zero-order chi connectivity index (χ0) is 26.6. The molecule has 38 heavy (non-hydrogen) atoms. The van der Waals surface area contributed by atoms with E-state index in [1.165, 1.54) is 5.56 Å². The lowest BCUT2D eigenvalue weighted by Crippen LogP contribution is -2.37. The molecule has 0 saturated carbocycles. The van der Waals surface area contributed by atoms with Crippen LogP contribution >= 0.6 is 0 Å². The number of nitrogens with zero attached hydrogens (tertiary/aromatic N) is 5. The number of carboxylic acid groups (broad SMARTS) is 1. The number of rotatable bonds is 4. The number of carbonyl (C=O) groups excluding carboxylic acids is 1. The van der Waals surface area contributed by atoms with Crippen molar-refractivity contribution in [2.24, 2.45) is 0 Å². The van der Waals surface area contributed by atoms with E-state index in [1.807, 2.05) is 37.3 Å². The number of carbonyl (C=O) groups is 2. The second-order valence-electron chi connectivity index (χ2n) is 10.7. The van der Waals surface area contributed by atoms with Gasteiger partial charge in [0.25, 0.3) is 5.91 Å². The van der Waals surface area contributed by atoms with Crippen LogP contribution in [-0.2, 0) is 13.0 Å². The minimum absolute atomic E-state index is 0.0447. The molecule has 4 aromatic rings. The van der Waals surface area contributed by atoms with E-state index in [9.17, 15) is 14.7 Å². The first kappa shape index (κ1) is 24.2. The zero-order valence-corrected chi connectivity index (χ0v) is 21.9. The normalized spacial score (nSPS) is 17.4. The van der Waals surface area contributed by atoms with E-state index in [1.54, 1.807) is 15.8 Å². The van der Waals surface area contributed by atoms with Gasteiger partial charge in [-0.1, -0.05) is 6.07 Å². The number of pyridine rings is 1. The average molecular weight is 513 g/mol. The Morgan fingerprint density at radius 3 is 2.74 bits per heavy atom. The molecule has 9 nitrogen and oxygen atoms in total. The molecule has 0 radical (unpaired) electrons. The largest absolute Gasteiger partial charge is 0.465 e. The third-order valence-electron chi connectivity index (χ3n) is 7.97. The molecule has 0 unspecified atom stereocenters. The van der Waals surface area contributed by atoms with Gasteiger partial charge in [-0.15, -0.1) is 0 Å². The number of amides is 2. The van der Waals surface area contributed by atoms with Crippen molar-refractivity contribution in [3.05, 3.63) is 70.8 Å². The summed E-state index contributed by atoms with van der Waals surface area (Å²) in [4.78, 5) is 36.8. The van der Waals surface area contributed by atoms with E-state index in [0.29, 0.717) is 31.6 Å². The van der Waals surface area contributed by atoms with Crippen LogP contribution in [0.5, 0.6) is 0 Å². The molecule has 1 saturated heterocycles. The summed E-state index contributed by atoms with van der Waals surface area (Å²) in [5.74, 6) is -0.0447. The van der Waals surface area contributed by atoms with Crippen molar-refractivity contribution in [1.82, 2.24) is 29.5 Å². The standard InChI is InChI=1S/C29H32N6O3/c1-17(2)35-15-22(14-32-35)28(36)33-8-6-19-9-20(21-11-23-18(3)12-30-27(23)31-13-21)10-24(25(19)16-33)26-5-4-7-34(26)29(37)38/h9-15,17,26H,4-8,16H2,1-3H3,(H,30,31)(H,37,38)/t26-/m0/s1. The molecule has 196 valence electrons. The summed E-state index contributed by atoms with van der Waals surface area (Å²) < 4.78 is 1.79. The number of benzene rings is 1. The van der Waals surface area contributed by atoms with Crippen LogP contribution < -0.4 is 0 Å². The van der Waals surface area contributed by atoms with Gasteiger partial charge in [-0.2, -0.15) is 5.10 Å². The van der Waals surface area contributed by atoms with Crippen LogP contribution in [0, 0.1) is 6.92 Å². The Morgan fingerprint density at radius 1 is 1.13 bits per heavy atom. The fourth-order valence-electron chi connectivity index (χ4n) is 5.86. The molecule has 5 heterocycles. The number of H-pyrrole nitrogens is 1. The van der Waals surface area contributed by atoms with Gasteiger partial charge in [0.1, 0.15) is 5.65 Å². The summed E-state index contributed by atoms with van der Waals surface area (Å²) in [7, 11) is 0. The Hall–Kier alpha value is -4.14. The lowest BCUT2D eigenvalue weighted by Gasteiger charge is -2.33. The SMILES string of the molecule is Cc1c[nH]c2ncc(-c3cc4c(c([C@@H]5CCCN5C(=O)O)c3)CN(C(=O)c3cnn(C(C)C)c3)CC4)cc12. The zero-order valence-electron chi connectivity index (χ0n) is 21.9. The van der Waals surface area contributed by atoms with Crippen LogP contribution in [0.3, 0.4) is 0 Å². The number of nitrogens with one attached hydrogen (secondary N) is 1. The molecule has 1 atom stereocenters. The summed E-state index contributed by atoms with van der Waals surface area (Å²) in [6.45, 7) is 7.69. The molecule has 2 aliphatic heterocycles. The van der Waals surface area contributed by atoms with Gasteiger partial charge in [0.15, 0.2) is 0 Å². The van der Waals surface area contributed by atoms with Gasteiger partial charge in [0.2, 0.25) is 0 Å². The molecule has 0 aliphatic carbocycles. The molecule has 6 rings (SSSR count). The fourth-order valence-corrected chi connectivity index (χ4v) is 5.86. The number of hydrogen-bond acceptors (Lipinski definition) is 4. The molecule has 9 heteroatoms. The molecule has 2 N–H and O–H groups in total. The maximum absolute atomic E-state index is 13.4. The molecule has 0 spiro atoms. The predicted molar refractivity (Wildman–Crippen MR) is 144 cm³/mol. The van der Waals surface area contributed by atoms with E-state index < -0.39 is 6.09 Å². The number of fused-ring (bicyclic) bond motifs is 2. The highest BCUT2D eigenvalue weighted by Crippen LogP contribution is 2.40. The van der Waals surface area contributed by atoms with E-state index >= 15 is 0 Å². The first-order valence-electron chi connectivity index (χ1n) is 13.2. The summed E-state index contributed by atoms with van der Waals surface area (Å²) in [6.07, 6.45) is 8.67. The second kappa shape index (κ2) is 9.31. The Balaban J connectivity index is 1.41. The first-order chi connectivity index (χ1) is 18.3. The molecule has 2 amide bonds. The van der Waals surface area contributed by atoms with Crippen molar-refractivity contribution in [3.8, 4) is 11.1 Å². The first-order valence-corrected chi connectivity index (χ1v) is 13.2. The maximum Gasteiger partial charge on any atom is 0.407 e. The van der Waals surface area contributed by atoms with Crippen molar-refractivity contribution >= 4 is 23.0 Å². The number of likely N-dealkylation sites (tertiary alicyclic amines) is 1. The van der Waals surface area contributed by atoms with Crippen LogP contribution in [0.4, 0.5) is 4.79 Å². The third-order valence-corrected chi connectivity index (χ3v) is 7.97. The molecular formula is C29H32N6O3. The smallest absolute Gasteiger partial charge is 0.407 e. The Bertz CT molecular complexity index is 1550. The van der Waals surface area contributed by atoms with Crippen molar-refractivity contribution in [2.75, 3.05) is 13.1 Å². The van der Waals surface area contributed by atoms with Crippen LogP contribution in [-0.4, -0.2) is 59.7 Å². The van der Waals surface area contributed by atoms with Gasteiger partial charge in [-0.3, -0.25) is 9.48 Å². The third kappa shape index (κ3) is 4.12. The highest BCUT2D eigenvalue weighted by molar-refractivity contribution is 5.94. The predicted octanol–water partition coefficient (Wildman–Crippen LogP) is 5.33. The number of aryl methyl sites for hydroxylation is 1. The fraction of sp³-hybridized carbons (Fsp3) is 0.379. The molecule has 1 aromatic carbocycles. The highest BCUT2D eigenvalue weighted by atomic mass is 16.4. The summed E-state index contributed by atoms with van der Waals surface area (Å²) in [5, 5.41) is 15.4. The molecular weight excluding hydrogens is 480 g/mol. The minimum atomic E-state index is -0.900. The van der Waals surface area contributed by atoms with Gasteiger partial charge >= 0.3 is 6.09 Å². The molecule has 1 fully saturated rings. The lowest BCUT2D eigenvalue weighted by molar-refractivity contribution is 0.0732.